The number of benzene rings is 1. The summed E-state index contributed by atoms with van der Waals surface area (Å²) in [6.07, 6.45) is 1.19. The van der Waals surface area contributed by atoms with Gasteiger partial charge in [-0.3, -0.25) is 4.90 Å². The third kappa shape index (κ3) is 3.48. The maximum atomic E-state index is 10.4. The molecule has 3 atom stereocenters. The molecule has 1 N–H and O–H groups in total. The molecule has 0 amide bonds. The van der Waals surface area contributed by atoms with Gasteiger partial charge in [0.15, 0.2) is 11.5 Å². The Kier molecular flexibility index (Phi) is 5.08. The van der Waals surface area contributed by atoms with Gasteiger partial charge in [0.2, 0.25) is 0 Å². The summed E-state index contributed by atoms with van der Waals surface area (Å²) in [4.78, 5) is 2.17. The first-order chi connectivity index (χ1) is 10.1. The van der Waals surface area contributed by atoms with Gasteiger partial charge in [0.05, 0.1) is 12.7 Å². The zero-order valence-electron chi connectivity index (χ0n) is 13.0. The minimum Gasteiger partial charge on any atom is -0.504 e. The second-order valence-corrected chi connectivity index (χ2v) is 6.06. The van der Waals surface area contributed by atoms with E-state index in [1.807, 2.05) is 19.1 Å². The first-order valence-corrected chi connectivity index (χ1v) is 7.65. The van der Waals surface area contributed by atoms with E-state index in [9.17, 15) is 10.4 Å². The lowest BCUT2D eigenvalue weighted by molar-refractivity contribution is 0.116. The molecule has 1 aliphatic rings. The van der Waals surface area contributed by atoms with Crippen LogP contribution in [0.2, 0.25) is 0 Å². The van der Waals surface area contributed by atoms with Crippen molar-refractivity contribution < 1.29 is 9.84 Å². The van der Waals surface area contributed by atoms with Crippen LogP contribution in [0.1, 0.15) is 38.8 Å². The molecule has 0 saturated carbocycles. The van der Waals surface area contributed by atoms with Gasteiger partial charge in [-0.05, 0) is 31.2 Å². The highest BCUT2D eigenvalue weighted by molar-refractivity contribution is 5.48. The molecule has 1 heterocycles. The van der Waals surface area contributed by atoms with Gasteiger partial charge in [-0.2, -0.15) is 5.26 Å². The molecule has 0 spiro atoms. The fraction of sp³-hybridized carbons (Fsp3) is 0.588. The highest BCUT2D eigenvalue weighted by Gasteiger charge is 2.30. The van der Waals surface area contributed by atoms with Crippen molar-refractivity contribution in [1.29, 1.82) is 5.26 Å². The standard InChI is InChI=1S/C17H24N2O2/c1-4-21-16-7-5-6-14(17(16)20)15(9-18)19-10-12(2)8-13(3)11-19/h5-7,12-13,15,20H,4,8,10-11H2,1-3H3. The van der Waals surface area contributed by atoms with Crippen LogP contribution < -0.4 is 4.74 Å². The summed E-state index contributed by atoms with van der Waals surface area (Å²) in [6.45, 7) is 8.58. The number of nitriles is 1. The maximum Gasteiger partial charge on any atom is 0.163 e. The van der Waals surface area contributed by atoms with E-state index in [0.717, 1.165) is 13.1 Å². The van der Waals surface area contributed by atoms with Crippen LogP contribution >= 0.6 is 0 Å². The lowest BCUT2D eigenvalue weighted by atomic mass is 9.90. The Balaban J connectivity index is 2.29. The number of hydrogen-bond acceptors (Lipinski definition) is 4. The molecule has 0 aromatic heterocycles. The third-order valence-corrected chi connectivity index (χ3v) is 4.01. The molecule has 21 heavy (non-hydrogen) atoms. The number of phenolic OH excluding ortho intramolecular Hbond substituents is 1. The summed E-state index contributed by atoms with van der Waals surface area (Å²) < 4.78 is 5.42. The van der Waals surface area contributed by atoms with Crippen LogP contribution in [0.25, 0.3) is 0 Å². The van der Waals surface area contributed by atoms with E-state index in [0.29, 0.717) is 29.8 Å². The van der Waals surface area contributed by atoms with Crippen molar-refractivity contribution >= 4 is 0 Å². The average molecular weight is 288 g/mol. The molecule has 4 heteroatoms. The number of rotatable bonds is 4. The Bertz CT molecular complexity index is 514. The maximum absolute atomic E-state index is 10.4. The molecule has 1 fully saturated rings. The van der Waals surface area contributed by atoms with Crippen molar-refractivity contribution in [3.63, 3.8) is 0 Å². The SMILES string of the molecule is CCOc1cccc(C(C#N)N2CC(C)CC(C)C2)c1O. The van der Waals surface area contributed by atoms with E-state index >= 15 is 0 Å². The van der Waals surface area contributed by atoms with Gasteiger partial charge in [-0.1, -0.05) is 26.0 Å². The lowest BCUT2D eigenvalue weighted by Crippen LogP contribution is -2.40. The third-order valence-electron chi connectivity index (χ3n) is 4.01. The number of para-hydroxylation sites is 1. The monoisotopic (exact) mass is 288 g/mol. The van der Waals surface area contributed by atoms with Crippen molar-refractivity contribution in [2.45, 2.75) is 33.2 Å². The number of hydrogen-bond donors (Lipinski definition) is 1. The minimum atomic E-state index is -0.421. The fourth-order valence-electron chi connectivity index (χ4n) is 3.30. The predicted molar refractivity (Wildman–Crippen MR) is 82.1 cm³/mol. The first-order valence-electron chi connectivity index (χ1n) is 7.65. The molecule has 0 aliphatic carbocycles. The quantitative estimate of drug-likeness (QED) is 0.923. The predicted octanol–water partition coefficient (Wildman–Crippen LogP) is 3.33. The fourth-order valence-corrected chi connectivity index (χ4v) is 3.30. The second-order valence-electron chi connectivity index (χ2n) is 6.06. The Morgan fingerprint density at radius 3 is 2.62 bits per heavy atom. The summed E-state index contributed by atoms with van der Waals surface area (Å²) in [7, 11) is 0. The van der Waals surface area contributed by atoms with Crippen molar-refractivity contribution in [1.82, 2.24) is 4.90 Å². The van der Waals surface area contributed by atoms with Crippen LogP contribution in [0.4, 0.5) is 0 Å². The molecule has 114 valence electrons. The molecular weight excluding hydrogens is 264 g/mol. The van der Waals surface area contributed by atoms with Crippen molar-refractivity contribution in [2.24, 2.45) is 11.8 Å². The molecule has 4 nitrogen and oxygen atoms in total. The van der Waals surface area contributed by atoms with Crippen LogP contribution in [-0.4, -0.2) is 29.7 Å². The number of piperidine rings is 1. The summed E-state index contributed by atoms with van der Waals surface area (Å²) in [5.41, 5.74) is 0.643. The van der Waals surface area contributed by atoms with E-state index in [2.05, 4.69) is 24.8 Å². The first kappa shape index (κ1) is 15.7. The normalized spacial score (nSPS) is 24.3. The molecular formula is C17H24N2O2. The number of likely N-dealkylation sites (tertiary alicyclic amines) is 1. The highest BCUT2D eigenvalue weighted by Crippen LogP contribution is 2.37. The number of ether oxygens (including phenoxy) is 1. The second kappa shape index (κ2) is 6.82. The molecule has 3 unspecified atom stereocenters. The van der Waals surface area contributed by atoms with E-state index in [1.165, 1.54) is 6.42 Å². The van der Waals surface area contributed by atoms with Crippen LogP contribution in [0, 0.1) is 23.2 Å². The molecule has 0 radical (unpaired) electrons. The highest BCUT2D eigenvalue weighted by atomic mass is 16.5. The Morgan fingerprint density at radius 1 is 1.38 bits per heavy atom. The van der Waals surface area contributed by atoms with E-state index in [1.54, 1.807) is 6.07 Å². The number of aromatic hydroxyl groups is 1. The van der Waals surface area contributed by atoms with Gasteiger partial charge in [-0.15, -0.1) is 0 Å². The number of nitrogens with zero attached hydrogens (tertiary/aromatic N) is 2. The average Bonchev–Trinajstić information content (AvgIpc) is 2.43. The van der Waals surface area contributed by atoms with E-state index < -0.39 is 6.04 Å². The summed E-state index contributed by atoms with van der Waals surface area (Å²) in [6, 6.07) is 7.31. The molecule has 1 aromatic carbocycles. The van der Waals surface area contributed by atoms with Gasteiger partial charge in [0.1, 0.15) is 6.04 Å². The molecule has 1 aromatic rings. The molecule has 1 aliphatic heterocycles. The van der Waals surface area contributed by atoms with Gasteiger partial charge in [0.25, 0.3) is 0 Å². The lowest BCUT2D eigenvalue weighted by Gasteiger charge is -2.37. The minimum absolute atomic E-state index is 0.0942. The van der Waals surface area contributed by atoms with Crippen molar-refractivity contribution in [3.8, 4) is 17.6 Å². The van der Waals surface area contributed by atoms with E-state index in [-0.39, 0.29) is 5.75 Å². The van der Waals surface area contributed by atoms with Gasteiger partial charge in [0, 0.05) is 18.7 Å². The Labute approximate surface area is 127 Å². The van der Waals surface area contributed by atoms with Gasteiger partial charge < -0.3 is 9.84 Å². The summed E-state index contributed by atoms with van der Waals surface area (Å²) in [5.74, 6) is 1.69. The van der Waals surface area contributed by atoms with Gasteiger partial charge in [-0.25, -0.2) is 0 Å². The van der Waals surface area contributed by atoms with Crippen molar-refractivity contribution in [3.05, 3.63) is 23.8 Å². The van der Waals surface area contributed by atoms with Crippen LogP contribution in [0.15, 0.2) is 18.2 Å². The van der Waals surface area contributed by atoms with Crippen molar-refractivity contribution in [2.75, 3.05) is 19.7 Å². The molecule has 0 bridgehead atoms. The van der Waals surface area contributed by atoms with E-state index in [4.69, 9.17) is 4.74 Å². The Morgan fingerprint density at radius 2 is 2.05 bits per heavy atom. The summed E-state index contributed by atoms with van der Waals surface area (Å²) >= 11 is 0. The van der Waals surface area contributed by atoms with Crippen LogP contribution in [-0.2, 0) is 0 Å². The molecule has 1 saturated heterocycles. The van der Waals surface area contributed by atoms with Gasteiger partial charge >= 0.3 is 0 Å². The zero-order valence-corrected chi connectivity index (χ0v) is 13.0. The summed E-state index contributed by atoms with van der Waals surface area (Å²) in [5, 5.41) is 20.0. The largest absolute Gasteiger partial charge is 0.504 e. The number of phenols is 1. The van der Waals surface area contributed by atoms with Crippen LogP contribution in [0.3, 0.4) is 0 Å². The molecule has 2 rings (SSSR count). The van der Waals surface area contributed by atoms with Crippen LogP contribution in [0.5, 0.6) is 11.5 Å². The Hall–Kier alpha value is -1.73. The zero-order chi connectivity index (χ0) is 15.4. The topological polar surface area (TPSA) is 56.5 Å². The smallest absolute Gasteiger partial charge is 0.163 e.